The van der Waals surface area contributed by atoms with Gasteiger partial charge in [-0.1, -0.05) is 11.6 Å². The number of nitrogens with zero attached hydrogens (tertiary/aromatic N) is 3. The number of carbonyl (C=O) groups is 2. The van der Waals surface area contributed by atoms with Gasteiger partial charge >= 0.3 is 0 Å². The fourth-order valence-corrected chi connectivity index (χ4v) is 2.71. The molecule has 0 saturated heterocycles. The molecule has 0 aromatic heterocycles. The first-order valence-electron chi connectivity index (χ1n) is 8.29. The number of nitriles is 1. The van der Waals surface area contributed by atoms with Crippen molar-refractivity contribution >= 4 is 34.8 Å². The van der Waals surface area contributed by atoms with E-state index in [1.807, 2.05) is 6.07 Å². The Kier molecular flexibility index (Phi) is 5.67. The first-order chi connectivity index (χ1) is 13.9. The maximum absolute atomic E-state index is 13.1. The highest BCUT2D eigenvalue weighted by molar-refractivity contribution is 6.31. The smallest absolute Gasteiger partial charge is 0.268 e. The van der Waals surface area contributed by atoms with Crippen molar-refractivity contribution in [3.05, 3.63) is 105 Å². The molecule has 0 aliphatic rings. The molecular weight excluding hydrogens is 394 g/mol. The fraction of sp³-hybridized carbons (Fsp3) is 0. The van der Waals surface area contributed by atoms with E-state index in [2.05, 4.69) is 0 Å². The van der Waals surface area contributed by atoms with Crippen LogP contribution in [0.3, 0.4) is 0 Å². The number of anilines is 1. The summed E-state index contributed by atoms with van der Waals surface area (Å²) in [5.41, 5.74) is 0.787. The van der Waals surface area contributed by atoms with Crippen molar-refractivity contribution in [2.75, 3.05) is 4.90 Å². The third-order valence-electron chi connectivity index (χ3n) is 4.08. The van der Waals surface area contributed by atoms with Gasteiger partial charge in [-0.15, -0.1) is 0 Å². The lowest BCUT2D eigenvalue weighted by atomic mass is 10.1. The van der Waals surface area contributed by atoms with Crippen molar-refractivity contribution in [3.63, 3.8) is 0 Å². The van der Waals surface area contributed by atoms with Gasteiger partial charge in [-0.2, -0.15) is 5.26 Å². The zero-order chi connectivity index (χ0) is 21.0. The Morgan fingerprint density at radius 1 is 0.862 bits per heavy atom. The van der Waals surface area contributed by atoms with Gasteiger partial charge in [-0.3, -0.25) is 19.7 Å². The van der Waals surface area contributed by atoms with Crippen LogP contribution in [0.4, 0.5) is 11.4 Å². The van der Waals surface area contributed by atoms with Gasteiger partial charge in [0.15, 0.2) is 0 Å². The third-order valence-corrected chi connectivity index (χ3v) is 4.33. The highest BCUT2D eigenvalue weighted by atomic mass is 35.5. The summed E-state index contributed by atoms with van der Waals surface area (Å²) in [5.74, 6) is -1.26. The number of benzene rings is 3. The van der Waals surface area contributed by atoms with E-state index in [1.54, 1.807) is 0 Å². The van der Waals surface area contributed by atoms with Gasteiger partial charge in [0.05, 0.1) is 22.2 Å². The van der Waals surface area contributed by atoms with Crippen LogP contribution in [-0.4, -0.2) is 16.7 Å². The van der Waals surface area contributed by atoms with E-state index in [0.29, 0.717) is 10.6 Å². The third kappa shape index (κ3) is 4.29. The van der Waals surface area contributed by atoms with Crippen molar-refractivity contribution in [2.24, 2.45) is 0 Å². The topological polar surface area (TPSA) is 104 Å². The molecule has 0 aliphatic carbocycles. The predicted molar refractivity (Wildman–Crippen MR) is 107 cm³/mol. The van der Waals surface area contributed by atoms with Crippen molar-refractivity contribution in [1.82, 2.24) is 0 Å². The number of rotatable bonds is 4. The van der Waals surface area contributed by atoms with Crippen LogP contribution >= 0.6 is 11.6 Å². The van der Waals surface area contributed by atoms with E-state index in [4.69, 9.17) is 16.9 Å². The highest BCUT2D eigenvalue weighted by Gasteiger charge is 2.26. The van der Waals surface area contributed by atoms with E-state index < -0.39 is 16.7 Å². The van der Waals surface area contributed by atoms with Crippen molar-refractivity contribution in [1.29, 1.82) is 5.26 Å². The molecule has 8 heteroatoms. The summed E-state index contributed by atoms with van der Waals surface area (Å²) in [6, 6.07) is 18.9. The summed E-state index contributed by atoms with van der Waals surface area (Å²) >= 11 is 5.87. The zero-order valence-corrected chi connectivity index (χ0v) is 15.5. The number of nitro groups is 1. The van der Waals surface area contributed by atoms with Crippen LogP contribution in [0.5, 0.6) is 0 Å². The monoisotopic (exact) mass is 405 g/mol. The van der Waals surface area contributed by atoms with Crippen LogP contribution in [0, 0.1) is 21.4 Å². The number of amides is 2. The van der Waals surface area contributed by atoms with Gasteiger partial charge in [-0.25, -0.2) is 4.90 Å². The summed E-state index contributed by atoms with van der Waals surface area (Å²) < 4.78 is 0. The second-order valence-electron chi connectivity index (χ2n) is 5.92. The van der Waals surface area contributed by atoms with Gasteiger partial charge in [0.25, 0.3) is 17.5 Å². The van der Waals surface area contributed by atoms with Crippen LogP contribution in [-0.2, 0) is 0 Å². The Morgan fingerprint density at radius 2 is 1.34 bits per heavy atom. The number of halogens is 1. The zero-order valence-electron chi connectivity index (χ0n) is 14.8. The average molecular weight is 406 g/mol. The Morgan fingerprint density at radius 3 is 1.79 bits per heavy atom. The Bertz CT molecular complexity index is 1120. The van der Waals surface area contributed by atoms with E-state index >= 15 is 0 Å². The number of hydrogen-bond acceptors (Lipinski definition) is 5. The molecule has 3 aromatic rings. The molecule has 0 unspecified atom stereocenters. The lowest BCUT2D eigenvalue weighted by Gasteiger charge is -2.21. The highest BCUT2D eigenvalue weighted by Crippen LogP contribution is 2.23. The quantitative estimate of drug-likeness (QED) is 0.358. The van der Waals surface area contributed by atoms with E-state index in [1.165, 1.54) is 72.8 Å². The second kappa shape index (κ2) is 8.33. The van der Waals surface area contributed by atoms with Crippen LogP contribution in [0.15, 0.2) is 72.8 Å². The molecule has 0 heterocycles. The molecule has 0 bridgehead atoms. The summed E-state index contributed by atoms with van der Waals surface area (Å²) in [4.78, 5) is 37.4. The van der Waals surface area contributed by atoms with Crippen LogP contribution < -0.4 is 4.90 Å². The molecule has 0 saturated carbocycles. The largest absolute Gasteiger partial charge is 0.269 e. The standard InChI is InChI=1S/C21H12ClN3O4/c22-17-7-3-15(4-8-17)20(26)24(18-9-1-14(13-23)2-10-18)21(27)16-5-11-19(12-6-16)25(28)29/h1-12H. The summed E-state index contributed by atoms with van der Waals surface area (Å²) in [5, 5.41) is 20.2. The molecule has 7 nitrogen and oxygen atoms in total. The van der Waals surface area contributed by atoms with Gasteiger partial charge in [0, 0.05) is 28.3 Å². The molecular formula is C21H12ClN3O4. The van der Waals surface area contributed by atoms with Gasteiger partial charge < -0.3 is 0 Å². The fourth-order valence-electron chi connectivity index (χ4n) is 2.59. The minimum Gasteiger partial charge on any atom is -0.268 e. The van der Waals surface area contributed by atoms with Gasteiger partial charge in [0.2, 0.25) is 0 Å². The second-order valence-corrected chi connectivity index (χ2v) is 6.35. The molecule has 0 fully saturated rings. The van der Waals surface area contributed by atoms with E-state index in [9.17, 15) is 19.7 Å². The molecule has 29 heavy (non-hydrogen) atoms. The molecule has 3 rings (SSSR count). The normalized spacial score (nSPS) is 10.1. The summed E-state index contributed by atoms with van der Waals surface area (Å²) in [7, 11) is 0. The van der Waals surface area contributed by atoms with Crippen molar-refractivity contribution in [3.8, 4) is 6.07 Å². The van der Waals surface area contributed by atoms with Crippen LogP contribution in [0.1, 0.15) is 26.3 Å². The minimum atomic E-state index is -0.662. The van der Waals surface area contributed by atoms with Crippen LogP contribution in [0.25, 0.3) is 0 Å². The maximum Gasteiger partial charge on any atom is 0.269 e. The first kappa shape index (κ1) is 19.7. The number of imide groups is 1. The average Bonchev–Trinajstić information content (AvgIpc) is 2.74. The lowest BCUT2D eigenvalue weighted by molar-refractivity contribution is -0.384. The SMILES string of the molecule is N#Cc1ccc(N(C(=O)c2ccc(Cl)cc2)C(=O)c2ccc([N+](=O)[O-])cc2)cc1. The predicted octanol–water partition coefficient (Wildman–Crippen LogP) is 4.61. The van der Waals surface area contributed by atoms with Crippen molar-refractivity contribution < 1.29 is 14.5 Å². The maximum atomic E-state index is 13.1. The van der Waals surface area contributed by atoms with Crippen molar-refractivity contribution in [2.45, 2.75) is 0 Å². The molecule has 0 spiro atoms. The molecule has 0 N–H and O–H groups in total. The van der Waals surface area contributed by atoms with Gasteiger partial charge in [-0.05, 0) is 60.7 Å². The minimum absolute atomic E-state index is 0.0993. The molecule has 0 atom stereocenters. The molecule has 0 aliphatic heterocycles. The molecule has 0 radical (unpaired) electrons. The first-order valence-corrected chi connectivity index (χ1v) is 8.67. The number of carbonyl (C=O) groups excluding carboxylic acids is 2. The number of hydrogen-bond donors (Lipinski definition) is 0. The molecule has 3 aromatic carbocycles. The Balaban J connectivity index is 2.04. The lowest BCUT2D eigenvalue weighted by Crippen LogP contribution is -2.37. The van der Waals surface area contributed by atoms with E-state index in [-0.39, 0.29) is 22.5 Å². The molecule has 2 amide bonds. The summed E-state index contributed by atoms with van der Waals surface area (Å²) in [6.45, 7) is 0. The number of non-ortho nitro benzene ring substituents is 1. The summed E-state index contributed by atoms with van der Waals surface area (Å²) in [6.07, 6.45) is 0. The van der Waals surface area contributed by atoms with E-state index in [0.717, 1.165) is 4.90 Å². The van der Waals surface area contributed by atoms with Crippen LogP contribution in [0.2, 0.25) is 5.02 Å². The Labute approximate surface area is 170 Å². The van der Waals surface area contributed by atoms with Gasteiger partial charge in [0.1, 0.15) is 0 Å². The molecule has 142 valence electrons. The number of nitro benzene ring substituents is 1. The Hall–Kier alpha value is -4.02.